The van der Waals surface area contributed by atoms with Gasteiger partial charge in [0.15, 0.2) is 23.0 Å². The molecule has 126 valence electrons. The number of likely N-dealkylation sites (tertiary alicyclic amines) is 1. The summed E-state index contributed by atoms with van der Waals surface area (Å²) in [6.45, 7) is 1.31. The minimum absolute atomic E-state index is 0.127. The van der Waals surface area contributed by atoms with Gasteiger partial charge in [-0.3, -0.25) is 4.79 Å². The molecule has 5 nitrogen and oxygen atoms in total. The maximum absolute atomic E-state index is 12.5. The predicted octanol–water partition coefficient (Wildman–Crippen LogP) is 2.03. The second-order valence-electron chi connectivity index (χ2n) is 7.35. The summed E-state index contributed by atoms with van der Waals surface area (Å²) < 4.78 is 16.6. The number of piperidine rings is 1. The van der Waals surface area contributed by atoms with Crippen molar-refractivity contribution in [2.45, 2.75) is 30.7 Å². The fraction of sp³-hybridized carbons (Fsp3) is 0.526. The lowest BCUT2D eigenvalue weighted by Crippen LogP contribution is -2.60. The number of fused-ring (bicyclic) bond motifs is 2. The zero-order valence-electron chi connectivity index (χ0n) is 14.0. The Hall–Kier alpha value is -2.01. The van der Waals surface area contributed by atoms with E-state index in [4.69, 9.17) is 14.2 Å². The molecule has 0 spiro atoms. The topological polar surface area (TPSA) is 48.0 Å². The number of benzene rings is 1. The van der Waals surface area contributed by atoms with Crippen molar-refractivity contribution in [3.05, 3.63) is 35.1 Å². The molecule has 0 N–H and O–H groups in total. The third-order valence-corrected chi connectivity index (χ3v) is 6.39. The highest BCUT2D eigenvalue weighted by Gasteiger charge is 2.55. The van der Waals surface area contributed by atoms with Crippen molar-refractivity contribution in [2.24, 2.45) is 5.92 Å². The Kier molecular flexibility index (Phi) is 2.84. The number of hydrogen-bond acceptors (Lipinski definition) is 5. The molecule has 1 saturated heterocycles. The summed E-state index contributed by atoms with van der Waals surface area (Å²) >= 11 is 0. The summed E-state index contributed by atoms with van der Waals surface area (Å²) in [5.41, 5.74) is 2.47. The van der Waals surface area contributed by atoms with E-state index in [1.807, 2.05) is 0 Å². The first-order chi connectivity index (χ1) is 11.6. The van der Waals surface area contributed by atoms with Crippen LogP contribution in [0.4, 0.5) is 0 Å². The molecule has 1 aromatic rings. The first-order valence-electron chi connectivity index (χ1n) is 8.55. The van der Waals surface area contributed by atoms with Gasteiger partial charge in [0.2, 0.25) is 6.79 Å². The van der Waals surface area contributed by atoms with Crippen LogP contribution in [0.3, 0.4) is 0 Å². The molecule has 5 rings (SSSR count). The SMILES string of the molecule is COC1=C[C@]23CCN(C)[C@H](Cc4cc5c(cc42)OCO5)[C@@H]3CC1=O. The second kappa shape index (κ2) is 4.76. The number of nitrogens with zero attached hydrogens (tertiary/aromatic N) is 1. The summed E-state index contributed by atoms with van der Waals surface area (Å²) in [6.07, 6.45) is 4.61. The largest absolute Gasteiger partial charge is 0.493 e. The molecule has 2 aliphatic heterocycles. The van der Waals surface area contributed by atoms with Gasteiger partial charge < -0.3 is 19.1 Å². The van der Waals surface area contributed by atoms with Crippen LogP contribution in [0.5, 0.6) is 11.5 Å². The quantitative estimate of drug-likeness (QED) is 0.790. The van der Waals surface area contributed by atoms with E-state index in [1.54, 1.807) is 7.11 Å². The summed E-state index contributed by atoms with van der Waals surface area (Å²) in [5.74, 6) is 2.61. The van der Waals surface area contributed by atoms with Crippen LogP contribution >= 0.6 is 0 Å². The molecule has 2 aliphatic carbocycles. The number of carbonyl (C=O) groups is 1. The normalized spacial score (nSPS) is 33.6. The molecule has 0 aromatic heterocycles. The van der Waals surface area contributed by atoms with E-state index in [1.165, 1.54) is 11.1 Å². The number of allylic oxidation sites excluding steroid dienone is 2. The van der Waals surface area contributed by atoms with Crippen LogP contribution < -0.4 is 9.47 Å². The lowest BCUT2D eigenvalue weighted by atomic mass is 9.54. The predicted molar refractivity (Wildman–Crippen MR) is 87.2 cm³/mol. The van der Waals surface area contributed by atoms with E-state index in [2.05, 4.69) is 30.2 Å². The van der Waals surface area contributed by atoms with Gasteiger partial charge in [-0.2, -0.15) is 0 Å². The molecule has 0 amide bonds. The van der Waals surface area contributed by atoms with E-state index in [0.717, 1.165) is 30.9 Å². The van der Waals surface area contributed by atoms with Crippen molar-refractivity contribution in [2.75, 3.05) is 27.5 Å². The average molecular weight is 327 g/mol. The highest BCUT2D eigenvalue weighted by Crippen LogP contribution is 2.55. The first-order valence-corrected chi connectivity index (χ1v) is 8.55. The van der Waals surface area contributed by atoms with E-state index in [-0.39, 0.29) is 18.0 Å². The Bertz CT molecular complexity index is 771. The number of Topliss-reactive ketones (excluding diaryl/α,β-unsaturated/α-hetero) is 1. The molecular formula is C19H21NO4. The maximum Gasteiger partial charge on any atom is 0.231 e. The van der Waals surface area contributed by atoms with Gasteiger partial charge in [0.1, 0.15) is 0 Å². The standard InChI is InChI=1S/C19H21NO4/c1-20-4-3-19-9-18(22-2)15(21)7-13(19)14(20)5-11-6-16-17(8-12(11)19)24-10-23-16/h6,8-9,13-14H,3-5,7,10H2,1-2H3/t13-,14+,19+/m0/s1. The Labute approximate surface area is 141 Å². The maximum atomic E-state index is 12.5. The van der Waals surface area contributed by atoms with E-state index in [9.17, 15) is 4.79 Å². The third-order valence-electron chi connectivity index (χ3n) is 6.39. The number of methoxy groups -OCH3 is 1. The molecule has 1 aromatic carbocycles. The second-order valence-corrected chi connectivity index (χ2v) is 7.35. The number of carbonyl (C=O) groups excluding carboxylic acids is 1. The van der Waals surface area contributed by atoms with Crippen molar-refractivity contribution in [1.29, 1.82) is 0 Å². The Morgan fingerprint density at radius 1 is 1.25 bits per heavy atom. The number of likely N-dealkylation sites (N-methyl/N-ethyl adjacent to an activating group) is 1. The van der Waals surface area contributed by atoms with Crippen LogP contribution in [0, 0.1) is 5.92 Å². The number of ether oxygens (including phenoxy) is 3. The number of rotatable bonds is 1. The molecule has 3 atom stereocenters. The van der Waals surface area contributed by atoms with Crippen LogP contribution in [-0.2, 0) is 21.4 Å². The van der Waals surface area contributed by atoms with Crippen LogP contribution in [0.2, 0.25) is 0 Å². The van der Waals surface area contributed by atoms with Crippen LogP contribution in [0.15, 0.2) is 24.0 Å². The lowest BCUT2D eigenvalue weighted by Gasteiger charge is -2.56. The molecule has 0 saturated carbocycles. The summed E-state index contributed by atoms with van der Waals surface area (Å²) in [5, 5.41) is 0. The van der Waals surface area contributed by atoms with E-state index >= 15 is 0 Å². The zero-order valence-corrected chi connectivity index (χ0v) is 14.0. The Balaban J connectivity index is 1.76. The van der Waals surface area contributed by atoms with Crippen molar-refractivity contribution < 1.29 is 19.0 Å². The minimum Gasteiger partial charge on any atom is -0.493 e. The van der Waals surface area contributed by atoms with Gasteiger partial charge >= 0.3 is 0 Å². The van der Waals surface area contributed by atoms with Crippen molar-refractivity contribution in [3.8, 4) is 11.5 Å². The van der Waals surface area contributed by atoms with Crippen LogP contribution in [-0.4, -0.2) is 44.2 Å². The Morgan fingerprint density at radius 3 is 2.83 bits per heavy atom. The minimum atomic E-state index is -0.134. The molecule has 24 heavy (non-hydrogen) atoms. The van der Waals surface area contributed by atoms with Gasteiger partial charge in [0, 0.05) is 17.9 Å². The van der Waals surface area contributed by atoms with Gasteiger partial charge in [-0.15, -0.1) is 0 Å². The fourth-order valence-corrected chi connectivity index (χ4v) is 5.17. The zero-order chi connectivity index (χ0) is 16.5. The van der Waals surface area contributed by atoms with Gasteiger partial charge in [-0.1, -0.05) is 0 Å². The van der Waals surface area contributed by atoms with E-state index < -0.39 is 0 Å². The van der Waals surface area contributed by atoms with Gasteiger partial charge in [0.05, 0.1) is 7.11 Å². The third kappa shape index (κ3) is 1.71. The fourth-order valence-electron chi connectivity index (χ4n) is 5.17. The van der Waals surface area contributed by atoms with Gasteiger partial charge in [-0.05, 0) is 61.7 Å². The molecule has 2 heterocycles. The summed E-state index contributed by atoms with van der Waals surface area (Å²) in [4.78, 5) is 14.9. The molecular weight excluding hydrogens is 306 g/mol. The first kappa shape index (κ1) is 14.3. The number of ketones is 1. The summed E-state index contributed by atoms with van der Waals surface area (Å²) in [6, 6.07) is 4.66. The molecule has 1 fully saturated rings. The van der Waals surface area contributed by atoms with Crippen LogP contribution in [0.25, 0.3) is 0 Å². The molecule has 5 heteroatoms. The molecule has 2 bridgehead atoms. The van der Waals surface area contributed by atoms with Crippen molar-refractivity contribution >= 4 is 5.78 Å². The molecule has 4 aliphatic rings. The smallest absolute Gasteiger partial charge is 0.231 e. The van der Waals surface area contributed by atoms with Gasteiger partial charge in [0.25, 0.3) is 0 Å². The monoisotopic (exact) mass is 327 g/mol. The van der Waals surface area contributed by atoms with Crippen molar-refractivity contribution in [3.63, 3.8) is 0 Å². The van der Waals surface area contributed by atoms with Gasteiger partial charge in [-0.25, -0.2) is 0 Å². The number of hydrogen-bond donors (Lipinski definition) is 0. The molecule has 0 radical (unpaired) electrons. The van der Waals surface area contributed by atoms with E-state index in [0.29, 0.717) is 24.1 Å². The highest BCUT2D eigenvalue weighted by molar-refractivity contribution is 5.95. The van der Waals surface area contributed by atoms with Crippen LogP contribution in [0.1, 0.15) is 24.0 Å². The molecule has 0 unspecified atom stereocenters. The average Bonchev–Trinajstić information content (AvgIpc) is 3.04. The lowest BCUT2D eigenvalue weighted by molar-refractivity contribution is -0.122. The van der Waals surface area contributed by atoms with Crippen molar-refractivity contribution in [1.82, 2.24) is 4.90 Å². The summed E-state index contributed by atoms with van der Waals surface area (Å²) in [7, 11) is 3.77. The Morgan fingerprint density at radius 2 is 2.04 bits per heavy atom. The highest BCUT2D eigenvalue weighted by atomic mass is 16.7.